The zero-order valence-corrected chi connectivity index (χ0v) is 26.1. The molecular weight excluding hydrogens is 762 g/mol. The van der Waals surface area contributed by atoms with Gasteiger partial charge in [-0.15, -0.1) is 0 Å². The number of rotatable bonds is 13. The molecule has 3 aromatic carbocycles. The maximum atomic E-state index is 15.7. The Morgan fingerprint density at radius 2 is 0.980 bits per heavy atom. The van der Waals surface area contributed by atoms with Crippen LogP contribution in [0.25, 0.3) is 0 Å². The molecule has 0 radical (unpaired) electrons. The highest BCUT2D eigenvalue weighted by Crippen LogP contribution is 2.63. The zero-order valence-electron chi connectivity index (χ0n) is 24.4. The Labute approximate surface area is 272 Å². The van der Waals surface area contributed by atoms with Crippen molar-refractivity contribution >= 4 is 33.6 Å². The standard InChI is InChI=1S/C28H19F15NO4PS/c1-17-12-14-20(15-13-17)50(46,47)48-44-21(16-49(45,18-8-4-2-5-9-18)19-10-6-3-7-11-19)22(29,30)23(31,32)24(33,34)25(35,36)26(37,38)27(39,40)28(41,42)43/h2-15H,16H2,1H3/b44-21+. The van der Waals surface area contributed by atoms with Crippen molar-refractivity contribution in [1.82, 2.24) is 0 Å². The van der Waals surface area contributed by atoms with E-state index in [0.717, 1.165) is 72.8 Å². The first-order valence-corrected chi connectivity index (χ1v) is 16.4. The maximum absolute atomic E-state index is 15.7. The number of nitrogens with zero attached hydrogens (tertiary/aromatic N) is 1. The molecule has 22 heteroatoms. The Bertz CT molecular complexity index is 1810. The van der Waals surface area contributed by atoms with Crippen LogP contribution >= 0.6 is 7.14 Å². The number of oxime groups is 1. The lowest BCUT2D eigenvalue weighted by Crippen LogP contribution is -2.73. The van der Waals surface area contributed by atoms with Gasteiger partial charge >= 0.3 is 51.8 Å². The van der Waals surface area contributed by atoms with Gasteiger partial charge < -0.3 is 4.57 Å². The number of benzene rings is 3. The predicted octanol–water partition coefficient (Wildman–Crippen LogP) is 8.44. The molecule has 50 heavy (non-hydrogen) atoms. The van der Waals surface area contributed by atoms with Crippen LogP contribution in [-0.2, 0) is 19.0 Å². The summed E-state index contributed by atoms with van der Waals surface area (Å²) in [5.74, 6) is -49.3. The normalized spacial score (nSPS) is 14.8. The van der Waals surface area contributed by atoms with Crippen molar-refractivity contribution in [1.29, 1.82) is 0 Å². The Hall–Kier alpha value is -3.74. The van der Waals surface area contributed by atoms with Crippen molar-refractivity contribution in [3.05, 3.63) is 90.5 Å². The SMILES string of the molecule is Cc1ccc(S(=O)(=O)O/N=C(\CP(=O)(c2ccccc2)c2ccccc2)C(F)(F)C(F)(F)C(F)(F)C(F)(F)C(F)(F)C(F)(F)C(F)(F)F)cc1. The van der Waals surface area contributed by atoms with E-state index in [1.54, 1.807) is 0 Å². The summed E-state index contributed by atoms with van der Waals surface area (Å²) in [6, 6.07) is 14.0. The van der Waals surface area contributed by atoms with E-state index in [4.69, 9.17) is 0 Å². The average Bonchev–Trinajstić information content (AvgIpc) is 3.02. The van der Waals surface area contributed by atoms with Crippen LogP contribution in [0.3, 0.4) is 0 Å². The van der Waals surface area contributed by atoms with Crippen LogP contribution in [-0.4, -0.2) is 62.0 Å². The zero-order chi connectivity index (χ0) is 38.4. The van der Waals surface area contributed by atoms with Crippen molar-refractivity contribution in [3.63, 3.8) is 0 Å². The van der Waals surface area contributed by atoms with Crippen molar-refractivity contribution in [2.45, 2.75) is 53.5 Å². The fourth-order valence-electron chi connectivity index (χ4n) is 4.06. The molecule has 0 fully saturated rings. The van der Waals surface area contributed by atoms with Crippen LogP contribution in [0.15, 0.2) is 95.0 Å². The monoisotopic (exact) mass is 781 g/mol. The molecule has 0 heterocycles. The van der Waals surface area contributed by atoms with Crippen LogP contribution < -0.4 is 10.6 Å². The highest BCUT2D eigenvalue weighted by molar-refractivity contribution is 7.86. The molecule has 3 rings (SSSR count). The van der Waals surface area contributed by atoms with Crippen LogP contribution in [0, 0.1) is 6.92 Å². The van der Waals surface area contributed by atoms with E-state index >= 15 is 17.6 Å². The minimum absolute atomic E-state index is 0.377. The largest absolute Gasteiger partial charge is 0.460 e. The fourth-order valence-corrected chi connectivity index (χ4v) is 7.45. The minimum Gasteiger partial charge on any atom is -0.313 e. The first-order chi connectivity index (χ1) is 22.5. The molecule has 276 valence electrons. The molecule has 0 aliphatic rings. The number of hydrogen-bond donors (Lipinski definition) is 0. The van der Waals surface area contributed by atoms with Gasteiger partial charge in [-0.05, 0) is 19.1 Å². The topological polar surface area (TPSA) is 72.8 Å². The van der Waals surface area contributed by atoms with Crippen LogP contribution in [0.5, 0.6) is 0 Å². The molecule has 0 unspecified atom stereocenters. The van der Waals surface area contributed by atoms with Gasteiger partial charge in [0.2, 0.25) is 0 Å². The summed E-state index contributed by atoms with van der Waals surface area (Å²) in [6.45, 7) is 1.42. The second kappa shape index (κ2) is 13.1. The lowest BCUT2D eigenvalue weighted by molar-refractivity contribution is -0.448. The van der Waals surface area contributed by atoms with Gasteiger partial charge in [0.05, 0.1) is 6.16 Å². The second-order valence-corrected chi connectivity index (χ2v) is 14.7. The highest BCUT2D eigenvalue weighted by atomic mass is 32.2. The third-order valence-electron chi connectivity index (χ3n) is 6.96. The summed E-state index contributed by atoms with van der Waals surface area (Å²) in [6.07, 6.45) is -10.1. The Morgan fingerprint density at radius 3 is 1.38 bits per heavy atom. The van der Waals surface area contributed by atoms with Crippen molar-refractivity contribution in [3.8, 4) is 0 Å². The molecule has 0 aliphatic carbocycles. The molecule has 0 N–H and O–H groups in total. The minimum atomic E-state index is -8.63. The molecule has 0 spiro atoms. The van der Waals surface area contributed by atoms with E-state index < -0.39 is 86.3 Å². The van der Waals surface area contributed by atoms with E-state index in [-0.39, 0.29) is 0 Å². The first kappa shape index (κ1) is 40.7. The lowest BCUT2D eigenvalue weighted by Gasteiger charge is -2.41. The van der Waals surface area contributed by atoms with Gasteiger partial charge in [0.1, 0.15) is 17.7 Å². The fraction of sp³-hybridized carbons (Fsp3) is 0.321. The van der Waals surface area contributed by atoms with Gasteiger partial charge in [0.25, 0.3) is 0 Å². The number of aryl methyl sites for hydroxylation is 1. The molecular formula is C28H19F15NO4PS. The number of alkyl halides is 15. The maximum Gasteiger partial charge on any atom is 0.460 e. The quantitative estimate of drug-likeness (QED) is 0.0756. The van der Waals surface area contributed by atoms with Crippen molar-refractivity contribution in [2.75, 3.05) is 6.16 Å². The third-order valence-corrected chi connectivity index (χ3v) is 11.1. The van der Waals surface area contributed by atoms with E-state index in [2.05, 4.69) is 9.44 Å². The van der Waals surface area contributed by atoms with Gasteiger partial charge in [-0.25, -0.2) is 0 Å². The van der Waals surface area contributed by atoms with Crippen molar-refractivity contribution in [2.24, 2.45) is 5.16 Å². The number of hydrogen-bond acceptors (Lipinski definition) is 5. The van der Waals surface area contributed by atoms with Crippen molar-refractivity contribution < 1.29 is 83.1 Å². The molecule has 0 bridgehead atoms. The smallest absolute Gasteiger partial charge is 0.313 e. The van der Waals surface area contributed by atoms with Crippen LogP contribution in [0.2, 0.25) is 0 Å². The van der Waals surface area contributed by atoms with Crippen LogP contribution in [0.1, 0.15) is 5.56 Å². The molecule has 0 atom stereocenters. The molecule has 0 aliphatic heterocycles. The summed E-state index contributed by atoms with van der Waals surface area (Å²) >= 11 is 0. The Morgan fingerprint density at radius 1 is 0.600 bits per heavy atom. The van der Waals surface area contributed by atoms with E-state index in [0.29, 0.717) is 5.56 Å². The second-order valence-electron chi connectivity index (χ2n) is 10.4. The van der Waals surface area contributed by atoms with Gasteiger partial charge in [0.15, 0.2) is 0 Å². The van der Waals surface area contributed by atoms with E-state index in [9.17, 15) is 61.3 Å². The van der Waals surface area contributed by atoms with Gasteiger partial charge in [-0.3, -0.25) is 4.28 Å². The summed E-state index contributed by atoms with van der Waals surface area (Å²) in [4.78, 5) is -0.971. The molecule has 0 saturated carbocycles. The van der Waals surface area contributed by atoms with Gasteiger partial charge in [-0.1, -0.05) is 83.5 Å². The third kappa shape index (κ3) is 6.69. The molecule has 5 nitrogen and oxygen atoms in total. The first-order valence-electron chi connectivity index (χ1n) is 13.1. The molecule has 3 aromatic rings. The van der Waals surface area contributed by atoms with Gasteiger partial charge in [-0.2, -0.15) is 74.3 Å². The Kier molecular flexibility index (Phi) is 10.7. The summed E-state index contributed by atoms with van der Waals surface area (Å²) in [7, 11) is -10.6. The molecule has 0 aromatic heterocycles. The molecule has 0 saturated heterocycles. The summed E-state index contributed by atoms with van der Waals surface area (Å²) in [5, 5.41) is 1.09. The molecule has 0 amide bonds. The lowest BCUT2D eigenvalue weighted by atomic mass is 9.90. The van der Waals surface area contributed by atoms with E-state index in [1.807, 2.05) is 0 Å². The van der Waals surface area contributed by atoms with Gasteiger partial charge in [0, 0.05) is 10.6 Å². The summed E-state index contributed by atoms with van der Waals surface area (Å²) in [5.41, 5.74) is -2.74. The average molecular weight is 781 g/mol. The van der Waals surface area contributed by atoms with E-state index in [1.165, 1.54) is 19.1 Å². The number of halogens is 15. The Balaban J connectivity index is 2.32. The predicted molar refractivity (Wildman–Crippen MR) is 147 cm³/mol. The highest BCUT2D eigenvalue weighted by Gasteiger charge is 2.93. The van der Waals surface area contributed by atoms with Crippen LogP contribution in [0.4, 0.5) is 65.9 Å². The summed E-state index contributed by atoms with van der Waals surface area (Å²) < 4.78 is 255.